The summed E-state index contributed by atoms with van der Waals surface area (Å²) in [6.45, 7) is 2.61. The lowest BCUT2D eigenvalue weighted by Gasteiger charge is -2.24. The molecule has 1 fully saturated rings. The van der Waals surface area contributed by atoms with Gasteiger partial charge in [0.15, 0.2) is 0 Å². The van der Waals surface area contributed by atoms with E-state index in [4.69, 9.17) is 4.42 Å². The Morgan fingerprint density at radius 1 is 1.32 bits per heavy atom. The van der Waals surface area contributed by atoms with Crippen LogP contribution >= 0.6 is 0 Å². The van der Waals surface area contributed by atoms with Gasteiger partial charge in [-0.3, -0.25) is 0 Å². The lowest BCUT2D eigenvalue weighted by Crippen LogP contribution is -2.35. The Morgan fingerprint density at radius 2 is 1.95 bits per heavy atom. The lowest BCUT2D eigenvalue weighted by atomic mass is 10.2. The summed E-state index contributed by atoms with van der Waals surface area (Å²) in [6, 6.07) is 1.37. The number of piperidine rings is 1. The molecule has 1 aromatic heterocycles. The highest BCUT2D eigenvalue weighted by Gasteiger charge is 2.31. The zero-order chi connectivity index (χ0) is 14.0. The minimum Gasteiger partial charge on any atom is -0.463 e. The van der Waals surface area contributed by atoms with E-state index in [0.29, 0.717) is 18.7 Å². The van der Waals surface area contributed by atoms with Gasteiger partial charge in [-0.15, -0.1) is 0 Å². The highest BCUT2D eigenvalue weighted by Crippen LogP contribution is 2.25. The van der Waals surface area contributed by atoms with Gasteiger partial charge < -0.3 is 9.15 Å². The van der Waals surface area contributed by atoms with E-state index in [2.05, 4.69) is 4.74 Å². The van der Waals surface area contributed by atoms with Gasteiger partial charge in [-0.25, -0.2) is 13.2 Å². The number of nitrogens with zero attached hydrogens (tertiary/aromatic N) is 1. The van der Waals surface area contributed by atoms with Crippen molar-refractivity contribution < 1.29 is 22.4 Å². The number of carbonyl (C=O) groups excluding carboxylic acids is 1. The minimum absolute atomic E-state index is 0.0573. The van der Waals surface area contributed by atoms with Crippen molar-refractivity contribution in [3.63, 3.8) is 0 Å². The molecular weight excluding hydrogens is 270 g/mol. The molecule has 0 saturated carbocycles. The number of hydrogen-bond donors (Lipinski definition) is 0. The van der Waals surface area contributed by atoms with E-state index >= 15 is 0 Å². The Hall–Kier alpha value is -1.34. The maximum atomic E-state index is 12.3. The number of hydrogen-bond acceptors (Lipinski definition) is 5. The molecule has 0 atom stereocenters. The highest BCUT2D eigenvalue weighted by atomic mass is 32.2. The molecule has 0 aromatic carbocycles. The smallest absolute Gasteiger partial charge is 0.374 e. The molecule has 1 aliphatic heterocycles. The van der Waals surface area contributed by atoms with Crippen LogP contribution in [0.1, 0.15) is 35.4 Å². The van der Waals surface area contributed by atoms with Gasteiger partial charge in [0.25, 0.3) is 10.0 Å². The third-order valence-corrected chi connectivity index (χ3v) is 4.93. The second-order valence-electron chi connectivity index (χ2n) is 4.53. The Labute approximate surface area is 112 Å². The molecule has 0 aliphatic carbocycles. The molecule has 19 heavy (non-hydrogen) atoms. The summed E-state index contributed by atoms with van der Waals surface area (Å²) < 4.78 is 35.8. The minimum atomic E-state index is -3.65. The van der Waals surface area contributed by atoms with E-state index < -0.39 is 16.0 Å². The molecule has 2 rings (SSSR count). The van der Waals surface area contributed by atoms with Crippen molar-refractivity contribution in [2.24, 2.45) is 0 Å². The average Bonchev–Trinajstić information content (AvgIpc) is 2.81. The maximum absolute atomic E-state index is 12.3. The van der Waals surface area contributed by atoms with E-state index in [1.165, 1.54) is 17.5 Å². The molecule has 0 bridgehead atoms. The van der Waals surface area contributed by atoms with Crippen molar-refractivity contribution >= 4 is 16.0 Å². The summed E-state index contributed by atoms with van der Waals surface area (Å²) in [7, 11) is -2.42. The number of methoxy groups -OCH3 is 1. The number of ether oxygens (including phenoxy) is 1. The second-order valence-corrected chi connectivity index (χ2v) is 6.40. The molecule has 7 heteroatoms. The molecular formula is C12H17NO5S. The molecule has 106 valence electrons. The third kappa shape index (κ3) is 2.66. The van der Waals surface area contributed by atoms with Crippen LogP contribution < -0.4 is 0 Å². The fourth-order valence-electron chi connectivity index (χ4n) is 2.11. The van der Waals surface area contributed by atoms with Gasteiger partial charge in [0.1, 0.15) is 0 Å². The standard InChI is InChI=1S/C12H17NO5S/c1-9-8-10(18-11(9)12(14)17-2)19(15,16)13-6-4-3-5-7-13/h8H,3-7H2,1-2H3. The van der Waals surface area contributed by atoms with E-state index in [9.17, 15) is 13.2 Å². The quantitative estimate of drug-likeness (QED) is 0.788. The number of furan rings is 1. The van der Waals surface area contributed by atoms with Gasteiger partial charge in [-0.1, -0.05) is 6.42 Å². The summed E-state index contributed by atoms with van der Waals surface area (Å²) in [5.41, 5.74) is 0.461. The Bertz CT molecular complexity index is 569. The van der Waals surface area contributed by atoms with Crippen LogP contribution in [0.5, 0.6) is 0 Å². The molecule has 2 heterocycles. The molecule has 6 nitrogen and oxygen atoms in total. The van der Waals surface area contributed by atoms with Gasteiger partial charge in [-0.05, 0) is 19.8 Å². The maximum Gasteiger partial charge on any atom is 0.374 e. The predicted molar refractivity (Wildman–Crippen MR) is 67.4 cm³/mol. The first-order chi connectivity index (χ1) is 8.96. The Morgan fingerprint density at radius 3 is 2.53 bits per heavy atom. The van der Waals surface area contributed by atoms with E-state index in [1.807, 2.05) is 0 Å². The Balaban J connectivity index is 2.33. The normalized spacial score (nSPS) is 17.4. The van der Waals surface area contributed by atoms with Crippen LogP contribution in [0.2, 0.25) is 0 Å². The van der Waals surface area contributed by atoms with Gasteiger partial charge in [0, 0.05) is 24.7 Å². The van der Waals surface area contributed by atoms with Crippen molar-refractivity contribution in [1.29, 1.82) is 0 Å². The second kappa shape index (κ2) is 5.34. The molecule has 0 unspecified atom stereocenters. The third-order valence-electron chi connectivity index (χ3n) is 3.18. The Kier molecular flexibility index (Phi) is 3.96. The summed E-state index contributed by atoms with van der Waals surface area (Å²) in [6.07, 6.45) is 2.74. The highest BCUT2D eigenvalue weighted by molar-refractivity contribution is 7.89. The summed E-state index contributed by atoms with van der Waals surface area (Å²) >= 11 is 0. The van der Waals surface area contributed by atoms with Crippen molar-refractivity contribution in [2.75, 3.05) is 20.2 Å². The SMILES string of the molecule is COC(=O)c1oc(S(=O)(=O)N2CCCCC2)cc1C. The lowest BCUT2D eigenvalue weighted by molar-refractivity contribution is 0.0557. The molecule has 0 spiro atoms. The molecule has 0 N–H and O–H groups in total. The van der Waals surface area contributed by atoms with Crippen molar-refractivity contribution in [3.05, 3.63) is 17.4 Å². The van der Waals surface area contributed by atoms with Crippen LogP contribution in [0.3, 0.4) is 0 Å². The fraction of sp³-hybridized carbons (Fsp3) is 0.583. The topological polar surface area (TPSA) is 76.8 Å². The zero-order valence-corrected chi connectivity index (χ0v) is 11.8. The number of sulfonamides is 1. The van der Waals surface area contributed by atoms with Gasteiger partial charge in [-0.2, -0.15) is 4.31 Å². The predicted octanol–water partition coefficient (Wildman–Crippen LogP) is 1.55. The first-order valence-corrected chi connectivity index (χ1v) is 7.59. The summed E-state index contributed by atoms with van der Waals surface area (Å²) in [4.78, 5) is 11.4. The number of rotatable bonds is 3. The van der Waals surface area contributed by atoms with Gasteiger partial charge >= 0.3 is 5.97 Å². The molecule has 0 radical (unpaired) electrons. The fourth-order valence-corrected chi connectivity index (χ4v) is 3.62. The average molecular weight is 287 g/mol. The molecule has 0 amide bonds. The van der Waals surface area contributed by atoms with E-state index in [1.54, 1.807) is 6.92 Å². The number of carbonyl (C=O) groups is 1. The van der Waals surface area contributed by atoms with Crippen LogP contribution in [0.4, 0.5) is 0 Å². The molecule has 1 aliphatic rings. The zero-order valence-electron chi connectivity index (χ0n) is 11.0. The van der Waals surface area contributed by atoms with Crippen molar-refractivity contribution in [1.82, 2.24) is 4.31 Å². The van der Waals surface area contributed by atoms with Crippen LogP contribution in [0.15, 0.2) is 15.6 Å². The van der Waals surface area contributed by atoms with Gasteiger partial charge in [0.2, 0.25) is 10.9 Å². The number of esters is 1. The van der Waals surface area contributed by atoms with Crippen molar-refractivity contribution in [2.45, 2.75) is 31.3 Å². The van der Waals surface area contributed by atoms with Gasteiger partial charge in [0.05, 0.1) is 7.11 Å². The monoisotopic (exact) mass is 287 g/mol. The number of aryl methyl sites for hydroxylation is 1. The first kappa shape index (κ1) is 14.1. The van der Waals surface area contributed by atoms with E-state index in [-0.39, 0.29) is 10.9 Å². The van der Waals surface area contributed by atoms with Crippen LogP contribution in [0, 0.1) is 6.92 Å². The largest absolute Gasteiger partial charge is 0.463 e. The first-order valence-electron chi connectivity index (χ1n) is 6.15. The van der Waals surface area contributed by atoms with Crippen molar-refractivity contribution in [3.8, 4) is 0 Å². The summed E-state index contributed by atoms with van der Waals surface area (Å²) in [5, 5.41) is -0.188. The van der Waals surface area contributed by atoms with E-state index in [0.717, 1.165) is 19.3 Å². The molecule has 1 saturated heterocycles. The van der Waals surface area contributed by atoms with Crippen LogP contribution in [-0.4, -0.2) is 38.9 Å². The molecule has 1 aromatic rings. The summed E-state index contributed by atoms with van der Waals surface area (Å²) in [5.74, 6) is -0.726. The van der Waals surface area contributed by atoms with Crippen LogP contribution in [-0.2, 0) is 14.8 Å². The van der Waals surface area contributed by atoms with Crippen LogP contribution in [0.25, 0.3) is 0 Å².